The van der Waals surface area contributed by atoms with Crippen molar-refractivity contribution in [3.8, 4) is 0 Å². The molecule has 1 aromatic heterocycles. The predicted molar refractivity (Wildman–Crippen MR) is 92.8 cm³/mol. The van der Waals surface area contributed by atoms with E-state index in [0.717, 1.165) is 28.6 Å². The third-order valence-corrected chi connectivity index (χ3v) is 4.23. The molecule has 3 heteroatoms. The second-order valence-electron chi connectivity index (χ2n) is 5.16. The molecule has 0 bridgehead atoms. The minimum atomic E-state index is 0.877. The van der Waals surface area contributed by atoms with E-state index >= 15 is 0 Å². The van der Waals surface area contributed by atoms with Gasteiger partial charge in [0.2, 0.25) is 0 Å². The molecular weight excluding hydrogens is 324 g/mol. The fourth-order valence-corrected chi connectivity index (χ4v) is 3.00. The highest BCUT2D eigenvalue weighted by Gasteiger charge is 2.04. The van der Waals surface area contributed by atoms with Crippen LogP contribution in [-0.4, -0.2) is 11.5 Å². The molecule has 2 nitrogen and oxygen atoms in total. The first-order valence-corrected chi connectivity index (χ1v) is 7.86. The van der Waals surface area contributed by atoms with E-state index in [9.17, 15) is 0 Å². The summed E-state index contributed by atoms with van der Waals surface area (Å²) in [5, 5.41) is 5.79. The van der Waals surface area contributed by atoms with Gasteiger partial charge in [0.15, 0.2) is 0 Å². The summed E-state index contributed by atoms with van der Waals surface area (Å²) >= 11 is 3.59. The first kappa shape index (κ1) is 14.1. The fourth-order valence-electron chi connectivity index (χ4n) is 2.50. The van der Waals surface area contributed by atoms with Gasteiger partial charge in [0.25, 0.3) is 0 Å². The van der Waals surface area contributed by atoms with Gasteiger partial charge in [-0.15, -0.1) is 0 Å². The summed E-state index contributed by atoms with van der Waals surface area (Å²) in [6, 6.07) is 16.9. The third-order valence-electron chi connectivity index (χ3n) is 3.54. The van der Waals surface area contributed by atoms with Crippen LogP contribution in [0, 0.1) is 6.92 Å². The summed E-state index contributed by atoms with van der Waals surface area (Å²) in [4.78, 5) is 4.46. The highest BCUT2D eigenvalue weighted by atomic mass is 79.9. The summed E-state index contributed by atoms with van der Waals surface area (Å²) < 4.78 is 1.10. The lowest BCUT2D eigenvalue weighted by Crippen LogP contribution is -2.06. The van der Waals surface area contributed by atoms with Crippen molar-refractivity contribution in [2.24, 2.45) is 0 Å². The molecule has 0 fully saturated rings. The molecule has 0 amide bonds. The van der Waals surface area contributed by atoms with Gasteiger partial charge >= 0.3 is 0 Å². The Hall–Kier alpha value is -1.87. The second kappa shape index (κ2) is 6.27. The molecule has 1 N–H and O–H groups in total. The van der Waals surface area contributed by atoms with Crippen LogP contribution >= 0.6 is 15.9 Å². The van der Waals surface area contributed by atoms with Crippen LogP contribution in [0.3, 0.4) is 0 Å². The lowest BCUT2D eigenvalue weighted by atomic mass is 10.1. The molecule has 0 aliphatic heterocycles. The Labute approximate surface area is 133 Å². The maximum absolute atomic E-state index is 4.46. The molecule has 0 radical (unpaired) electrons. The van der Waals surface area contributed by atoms with E-state index < -0.39 is 0 Å². The van der Waals surface area contributed by atoms with Crippen molar-refractivity contribution in [3.05, 3.63) is 70.3 Å². The van der Waals surface area contributed by atoms with Crippen molar-refractivity contribution in [1.29, 1.82) is 0 Å². The van der Waals surface area contributed by atoms with E-state index in [-0.39, 0.29) is 0 Å². The van der Waals surface area contributed by atoms with Gasteiger partial charge in [-0.2, -0.15) is 0 Å². The number of nitrogens with one attached hydrogen (secondary N) is 1. The van der Waals surface area contributed by atoms with E-state index in [0.29, 0.717) is 0 Å². The Bertz CT molecular complexity index is 768. The zero-order valence-electron chi connectivity index (χ0n) is 11.9. The lowest BCUT2D eigenvalue weighted by Gasteiger charge is -2.10. The average Bonchev–Trinajstić information content (AvgIpc) is 2.48. The van der Waals surface area contributed by atoms with Crippen LogP contribution in [-0.2, 0) is 6.42 Å². The van der Waals surface area contributed by atoms with Crippen LogP contribution in [0.4, 0.5) is 5.82 Å². The maximum atomic E-state index is 4.46. The Morgan fingerprint density at radius 3 is 2.76 bits per heavy atom. The SMILES string of the molecule is Cc1cccc(CCNc2nccc3c(Br)cccc23)c1. The molecule has 0 saturated heterocycles. The Morgan fingerprint density at radius 1 is 1.05 bits per heavy atom. The van der Waals surface area contributed by atoms with Gasteiger partial charge in [0, 0.05) is 28.0 Å². The average molecular weight is 341 g/mol. The summed E-state index contributed by atoms with van der Waals surface area (Å²) in [5.41, 5.74) is 2.66. The quantitative estimate of drug-likeness (QED) is 0.725. The molecule has 0 aliphatic rings. The molecule has 0 unspecified atom stereocenters. The number of anilines is 1. The molecule has 0 aliphatic carbocycles. The Morgan fingerprint density at radius 2 is 1.90 bits per heavy atom. The topological polar surface area (TPSA) is 24.9 Å². The number of nitrogens with zero attached hydrogens (tertiary/aromatic N) is 1. The minimum absolute atomic E-state index is 0.877. The van der Waals surface area contributed by atoms with Crippen molar-refractivity contribution in [1.82, 2.24) is 4.98 Å². The van der Waals surface area contributed by atoms with Crippen LogP contribution in [0.2, 0.25) is 0 Å². The van der Waals surface area contributed by atoms with Crippen molar-refractivity contribution in [2.45, 2.75) is 13.3 Å². The van der Waals surface area contributed by atoms with Crippen LogP contribution in [0.1, 0.15) is 11.1 Å². The van der Waals surface area contributed by atoms with E-state index in [1.807, 2.05) is 18.3 Å². The molecule has 2 aromatic carbocycles. The smallest absolute Gasteiger partial charge is 0.133 e. The summed E-state index contributed by atoms with van der Waals surface area (Å²) in [6.07, 6.45) is 2.84. The van der Waals surface area contributed by atoms with Crippen molar-refractivity contribution in [2.75, 3.05) is 11.9 Å². The van der Waals surface area contributed by atoms with Gasteiger partial charge in [-0.05, 0) is 31.0 Å². The number of halogens is 1. The molecule has 106 valence electrons. The standard InChI is InChI=1S/C18H17BrN2/c1-13-4-2-5-14(12-13)8-10-20-18-16-6-3-7-17(19)15(16)9-11-21-18/h2-7,9,11-12H,8,10H2,1H3,(H,20,21). The molecule has 0 spiro atoms. The van der Waals surface area contributed by atoms with E-state index in [1.54, 1.807) is 0 Å². The molecule has 1 heterocycles. The molecule has 3 rings (SSSR count). The van der Waals surface area contributed by atoms with Crippen molar-refractivity contribution < 1.29 is 0 Å². The number of benzene rings is 2. The Balaban J connectivity index is 1.75. The van der Waals surface area contributed by atoms with E-state index in [2.05, 4.69) is 69.6 Å². The first-order valence-electron chi connectivity index (χ1n) is 7.07. The second-order valence-corrected chi connectivity index (χ2v) is 6.01. The highest BCUT2D eigenvalue weighted by Crippen LogP contribution is 2.27. The normalized spacial score (nSPS) is 10.8. The van der Waals surface area contributed by atoms with Gasteiger partial charge in [-0.3, -0.25) is 0 Å². The summed E-state index contributed by atoms with van der Waals surface area (Å²) in [7, 11) is 0. The fraction of sp³-hybridized carbons (Fsp3) is 0.167. The highest BCUT2D eigenvalue weighted by molar-refractivity contribution is 9.10. The van der Waals surface area contributed by atoms with Crippen LogP contribution in [0.15, 0.2) is 59.2 Å². The van der Waals surface area contributed by atoms with Gasteiger partial charge < -0.3 is 5.32 Å². The van der Waals surface area contributed by atoms with Gasteiger partial charge in [0.1, 0.15) is 5.82 Å². The summed E-state index contributed by atoms with van der Waals surface area (Å²) in [6.45, 7) is 3.00. The zero-order chi connectivity index (χ0) is 14.7. The molecule has 0 atom stereocenters. The number of hydrogen-bond acceptors (Lipinski definition) is 2. The minimum Gasteiger partial charge on any atom is -0.369 e. The number of pyridine rings is 1. The first-order chi connectivity index (χ1) is 10.2. The molecule has 21 heavy (non-hydrogen) atoms. The third kappa shape index (κ3) is 3.24. The lowest BCUT2D eigenvalue weighted by molar-refractivity contribution is 1.01. The maximum Gasteiger partial charge on any atom is 0.133 e. The number of aryl methyl sites for hydroxylation is 1. The number of aromatic nitrogens is 1. The number of rotatable bonds is 4. The summed E-state index contributed by atoms with van der Waals surface area (Å²) in [5.74, 6) is 0.946. The number of hydrogen-bond donors (Lipinski definition) is 1. The number of fused-ring (bicyclic) bond motifs is 1. The van der Waals surface area contributed by atoms with E-state index in [4.69, 9.17) is 0 Å². The van der Waals surface area contributed by atoms with Crippen LogP contribution in [0.25, 0.3) is 10.8 Å². The molecule has 0 saturated carbocycles. The molecule has 3 aromatic rings. The molecular formula is C18H17BrN2. The predicted octanol–water partition coefficient (Wildman–Crippen LogP) is 4.96. The van der Waals surface area contributed by atoms with Crippen LogP contribution < -0.4 is 5.32 Å². The van der Waals surface area contributed by atoms with Gasteiger partial charge in [-0.25, -0.2) is 4.98 Å². The van der Waals surface area contributed by atoms with Crippen molar-refractivity contribution in [3.63, 3.8) is 0 Å². The monoisotopic (exact) mass is 340 g/mol. The largest absolute Gasteiger partial charge is 0.369 e. The van der Waals surface area contributed by atoms with Gasteiger partial charge in [-0.1, -0.05) is 57.9 Å². The van der Waals surface area contributed by atoms with Gasteiger partial charge in [0.05, 0.1) is 0 Å². The van der Waals surface area contributed by atoms with E-state index in [1.165, 1.54) is 16.5 Å². The Kier molecular flexibility index (Phi) is 4.20. The van der Waals surface area contributed by atoms with Crippen molar-refractivity contribution >= 4 is 32.5 Å². The van der Waals surface area contributed by atoms with Crippen LogP contribution in [0.5, 0.6) is 0 Å². The zero-order valence-corrected chi connectivity index (χ0v) is 13.5.